The van der Waals surface area contributed by atoms with Crippen LogP contribution >= 0.6 is 0 Å². The summed E-state index contributed by atoms with van der Waals surface area (Å²) < 4.78 is 43.7. The molecule has 1 fully saturated rings. The molecule has 2 aromatic carbocycles. The van der Waals surface area contributed by atoms with E-state index in [0.717, 1.165) is 23.3 Å². The molecule has 0 bridgehead atoms. The van der Waals surface area contributed by atoms with E-state index in [1.807, 2.05) is 37.4 Å². The van der Waals surface area contributed by atoms with Gasteiger partial charge in [0.05, 0.1) is 12.2 Å². The van der Waals surface area contributed by atoms with E-state index in [9.17, 15) is 22.8 Å². The number of imide groups is 1. The number of aromatic nitrogens is 4. The van der Waals surface area contributed by atoms with E-state index in [4.69, 9.17) is 0 Å². The summed E-state index contributed by atoms with van der Waals surface area (Å²) in [5.74, 6) is -1.39. The number of carbonyl (C=O) groups is 2. The summed E-state index contributed by atoms with van der Waals surface area (Å²) in [4.78, 5) is 26.1. The monoisotopic (exact) mass is 430 g/mol. The zero-order valence-electron chi connectivity index (χ0n) is 16.5. The van der Waals surface area contributed by atoms with Crippen LogP contribution in [0.15, 0.2) is 48.5 Å². The summed E-state index contributed by atoms with van der Waals surface area (Å²) in [6, 6.07) is 10.9. The van der Waals surface area contributed by atoms with Crippen LogP contribution in [-0.2, 0) is 16.9 Å². The summed E-state index contributed by atoms with van der Waals surface area (Å²) >= 11 is 0. The lowest BCUT2D eigenvalue weighted by atomic mass is 9.89. The van der Waals surface area contributed by atoms with Gasteiger partial charge >= 0.3 is 12.2 Å². The lowest BCUT2D eigenvalue weighted by Crippen LogP contribution is -2.55. The average molecular weight is 430 g/mol. The number of halogens is 3. The highest BCUT2D eigenvalue weighted by molar-refractivity contribution is 6.08. The van der Waals surface area contributed by atoms with Crippen LogP contribution in [-0.4, -0.2) is 43.2 Å². The second-order valence-corrected chi connectivity index (χ2v) is 7.18. The summed E-state index contributed by atoms with van der Waals surface area (Å²) in [6.07, 6.45) is -5.06. The van der Waals surface area contributed by atoms with E-state index < -0.39 is 30.2 Å². The standard InChI is InChI=1S/C20H17F3N6O2/c1-12-7-6-8-13(2)16(12)29-15(25-26-27-29)11-28-17(30)19(20(21,22)23,24-18(28)31)14-9-4-3-5-10-14/h3-10H,11H2,1-2H3,(H,24,31). The number of nitrogens with one attached hydrogen (secondary N) is 1. The van der Waals surface area contributed by atoms with Crippen molar-refractivity contribution in [3.63, 3.8) is 0 Å². The Bertz CT molecular complexity index is 1140. The topological polar surface area (TPSA) is 93.0 Å². The maximum Gasteiger partial charge on any atom is 0.425 e. The Kier molecular flexibility index (Phi) is 4.75. The van der Waals surface area contributed by atoms with Gasteiger partial charge in [-0.15, -0.1) is 5.10 Å². The van der Waals surface area contributed by atoms with E-state index in [-0.39, 0.29) is 11.4 Å². The molecule has 11 heteroatoms. The van der Waals surface area contributed by atoms with Gasteiger partial charge in [-0.05, 0) is 41.0 Å². The molecule has 8 nitrogen and oxygen atoms in total. The van der Waals surface area contributed by atoms with Gasteiger partial charge in [0, 0.05) is 0 Å². The number of rotatable bonds is 4. The quantitative estimate of drug-likeness (QED) is 0.643. The third kappa shape index (κ3) is 3.13. The molecule has 3 amide bonds. The molecule has 1 N–H and O–H groups in total. The van der Waals surface area contributed by atoms with Crippen LogP contribution in [0, 0.1) is 13.8 Å². The summed E-state index contributed by atoms with van der Waals surface area (Å²) in [7, 11) is 0. The van der Waals surface area contributed by atoms with Crippen LogP contribution in [0.2, 0.25) is 0 Å². The SMILES string of the molecule is Cc1cccc(C)c1-n1nnnc1CN1C(=O)NC(c2ccccc2)(C(F)(F)F)C1=O. The highest BCUT2D eigenvalue weighted by Crippen LogP contribution is 2.43. The zero-order chi connectivity index (χ0) is 22.4. The lowest BCUT2D eigenvalue weighted by Gasteiger charge is -2.29. The maximum atomic E-state index is 14.1. The molecule has 1 aliphatic heterocycles. The number of hydrogen-bond donors (Lipinski definition) is 1. The van der Waals surface area contributed by atoms with E-state index >= 15 is 0 Å². The second-order valence-electron chi connectivity index (χ2n) is 7.18. The third-order valence-electron chi connectivity index (χ3n) is 5.22. The predicted molar refractivity (Wildman–Crippen MR) is 102 cm³/mol. The van der Waals surface area contributed by atoms with Gasteiger partial charge in [-0.1, -0.05) is 48.5 Å². The lowest BCUT2D eigenvalue weighted by molar-refractivity contribution is -0.198. The Labute approximate surface area is 174 Å². The third-order valence-corrected chi connectivity index (χ3v) is 5.22. The zero-order valence-corrected chi connectivity index (χ0v) is 16.5. The largest absolute Gasteiger partial charge is 0.425 e. The van der Waals surface area contributed by atoms with Gasteiger partial charge in [-0.3, -0.25) is 9.69 Å². The number of aryl methyl sites for hydroxylation is 2. The van der Waals surface area contributed by atoms with Crippen molar-refractivity contribution in [2.75, 3.05) is 0 Å². The highest BCUT2D eigenvalue weighted by atomic mass is 19.4. The molecule has 0 spiro atoms. The number of tetrazole rings is 1. The number of hydrogen-bond acceptors (Lipinski definition) is 5. The molecule has 1 saturated heterocycles. The first kappa shape index (κ1) is 20.5. The summed E-state index contributed by atoms with van der Waals surface area (Å²) in [6.45, 7) is 3.12. The molecule has 160 valence electrons. The minimum atomic E-state index is -5.06. The van der Waals surface area contributed by atoms with Gasteiger partial charge in [-0.25, -0.2) is 4.79 Å². The fourth-order valence-corrected chi connectivity index (χ4v) is 3.72. The van der Waals surface area contributed by atoms with Crippen molar-refractivity contribution >= 4 is 11.9 Å². The Morgan fingerprint density at radius 2 is 1.65 bits per heavy atom. The molecular formula is C20H17F3N6O2. The summed E-state index contributed by atoms with van der Waals surface area (Å²) in [5, 5.41) is 13.2. The van der Waals surface area contributed by atoms with E-state index in [2.05, 4.69) is 15.5 Å². The minimum absolute atomic E-state index is 0.0481. The Morgan fingerprint density at radius 1 is 1.00 bits per heavy atom. The molecule has 1 aliphatic rings. The predicted octanol–water partition coefficient (Wildman–Crippen LogP) is 2.79. The molecule has 3 aromatic rings. The smallest absolute Gasteiger partial charge is 0.312 e. The van der Waals surface area contributed by atoms with Gasteiger partial charge in [0.15, 0.2) is 5.82 Å². The second kappa shape index (κ2) is 7.18. The van der Waals surface area contributed by atoms with Crippen molar-refractivity contribution in [1.29, 1.82) is 0 Å². The molecule has 31 heavy (non-hydrogen) atoms. The Hall–Kier alpha value is -3.76. The van der Waals surface area contributed by atoms with Crippen LogP contribution in [0.1, 0.15) is 22.5 Å². The maximum absolute atomic E-state index is 14.1. The van der Waals surface area contributed by atoms with E-state index in [1.54, 1.807) is 0 Å². The van der Waals surface area contributed by atoms with Crippen molar-refractivity contribution in [1.82, 2.24) is 30.4 Å². The molecule has 0 radical (unpaired) electrons. The number of amides is 3. The molecule has 0 saturated carbocycles. The van der Waals surface area contributed by atoms with Gasteiger partial charge in [0.1, 0.15) is 0 Å². The first-order chi connectivity index (χ1) is 14.7. The minimum Gasteiger partial charge on any atom is -0.312 e. The number of carbonyl (C=O) groups excluding carboxylic acids is 2. The van der Waals surface area contributed by atoms with Crippen molar-refractivity contribution < 1.29 is 22.8 Å². The fraction of sp³-hybridized carbons (Fsp3) is 0.250. The molecule has 0 aliphatic carbocycles. The first-order valence-electron chi connectivity index (χ1n) is 9.27. The molecular weight excluding hydrogens is 413 g/mol. The number of urea groups is 1. The molecule has 1 atom stereocenters. The number of benzene rings is 2. The fourth-order valence-electron chi connectivity index (χ4n) is 3.72. The molecule has 1 unspecified atom stereocenters. The first-order valence-corrected chi connectivity index (χ1v) is 9.27. The van der Waals surface area contributed by atoms with Gasteiger partial charge in [0.25, 0.3) is 5.91 Å². The van der Waals surface area contributed by atoms with E-state index in [0.29, 0.717) is 10.6 Å². The van der Waals surface area contributed by atoms with Crippen LogP contribution in [0.5, 0.6) is 0 Å². The average Bonchev–Trinajstić information content (AvgIpc) is 3.26. The normalized spacial score (nSPS) is 19.1. The Balaban J connectivity index is 1.75. The number of alkyl halides is 3. The number of para-hydroxylation sites is 1. The van der Waals surface area contributed by atoms with Crippen molar-refractivity contribution in [3.8, 4) is 5.69 Å². The number of nitrogens with zero attached hydrogens (tertiary/aromatic N) is 5. The van der Waals surface area contributed by atoms with Crippen molar-refractivity contribution in [3.05, 3.63) is 71.0 Å². The molecule has 2 heterocycles. The van der Waals surface area contributed by atoms with Gasteiger partial charge in [-0.2, -0.15) is 17.9 Å². The molecule has 1 aromatic heterocycles. The van der Waals surface area contributed by atoms with Crippen molar-refractivity contribution in [2.24, 2.45) is 0 Å². The summed E-state index contributed by atoms with van der Waals surface area (Å²) in [5.41, 5.74) is -1.29. The van der Waals surface area contributed by atoms with E-state index in [1.165, 1.54) is 22.9 Å². The van der Waals surface area contributed by atoms with Crippen LogP contribution in [0.3, 0.4) is 0 Å². The van der Waals surface area contributed by atoms with Crippen LogP contribution < -0.4 is 5.32 Å². The highest BCUT2D eigenvalue weighted by Gasteiger charge is 2.68. The molecule has 4 rings (SSSR count). The Morgan fingerprint density at radius 3 is 2.26 bits per heavy atom. The van der Waals surface area contributed by atoms with Gasteiger partial charge < -0.3 is 5.32 Å². The van der Waals surface area contributed by atoms with Crippen molar-refractivity contribution in [2.45, 2.75) is 32.1 Å². The van der Waals surface area contributed by atoms with Crippen LogP contribution in [0.25, 0.3) is 5.69 Å². The van der Waals surface area contributed by atoms with Crippen LogP contribution in [0.4, 0.5) is 18.0 Å². The van der Waals surface area contributed by atoms with Gasteiger partial charge in [0.2, 0.25) is 5.54 Å².